The third-order valence-electron chi connectivity index (χ3n) is 3.50. The van der Waals surface area contributed by atoms with Gasteiger partial charge in [0.1, 0.15) is 0 Å². The van der Waals surface area contributed by atoms with E-state index in [0.29, 0.717) is 6.04 Å². The lowest BCUT2D eigenvalue weighted by molar-refractivity contribution is 0.379. The average Bonchev–Trinajstić information content (AvgIpc) is 2.84. The van der Waals surface area contributed by atoms with Crippen molar-refractivity contribution >= 4 is 0 Å². The van der Waals surface area contributed by atoms with Crippen LogP contribution in [0, 0.1) is 5.92 Å². The standard InChI is InChI=1S/C12H22N4/c1-10(12-4-6-14-16(12)3)13-8-11-5-7-15(2)9-11/h4,6,10-11,13H,5,7-9H2,1-3H3. The predicted octanol–water partition coefficient (Wildman–Crippen LogP) is 1.02. The Balaban J connectivity index is 1.80. The largest absolute Gasteiger partial charge is 0.309 e. The Bertz CT molecular complexity index is 334. The fourth-order valence-corrected chi connectivity index (χ4v) is 2.45. The van der Waals surface area contributed by atoms with Crippen molar-refractivity contribution in [3.05, 3.63) is 18.0 Å². The highest BCUT2D eigenvalue weighted by molar-refractivity contribution is 5.05. The van der Waals surface area contributed by atoms with Crippen LogP contribution < -0.4 is 5.32 Å². The Morgan fingerprint density at radius 2 is 2.38 bits per heavy atom. The van der Waals surface area contributed by atoms with Crippen LogP contribution in [0.3, 0.4) is 0 Å². The van der Waals surface area contributed by atoms with Gasteiger partial charge in [-0.2, -0.15) is 5.10 Å². The summed E-state index contributed by atoms with van der Waals surface area (Å²) in [5.74, 6) is 0.806. The van der Waals surface area contributed by atoms with Gasteiger partial charge in [0, 0.05) is 25.8 Å². The van der Waals surface area contributed by atoms with Gasteiger partial charge in [-0.1, -0.05) is 0 Å². The van der Waals surface area contributed by atoms with Gasteiger partial charge in [-0.05, 0) is 45.5 Å². The van der Waals surface area contributed by atoms with Gasteiger partial charge in [-0.15, -0.1) is 0 Å². The zero-order valence-corrected chi connectivity index (χ0v) is 10.5. The molecule has 1 saturated heterocycles. The molecule has 1 aromatic rings. The molecule has 4 heteroatoms. The SMILES string of the molecule is CC(NCC1CCN(C)C1)c1ccnn1C. The number of aromatic nitrogens is 2. The molecule has 0 radical (unpaired) electrons. The molecule has 2 unspecified atom stereocenters. The van der Waals surface area contributed by atoms with Crippen molar-refractivity contribution in [3.8, 4) is 0 Å². The molecular weight excluding hydrogens is 200 g/mol. The molecule has 0 aliphatic carbocycles. The van der Waals surface area contributed by atoms with Crippen LogP contribution in [0.25, 0.3) is 0 Å². The number of rotatable bonds is 4. The lowest BCUT2D eigenvalue weighted by Gasteiger charge is -2.17. The van der Waals surface area contributed by atoms with Crippen molar-refractivity contribution in [1.82, 2.24) is 20.0 Å². The quantitative estimate of drug-likeness (QED) is 0.826. The van der Waals surface area contributed by atoms with Crippen LogP contribution in [-0.4, -0.2) is 41.4 Å². The van der Waals surface area contributed by atoms with Crippen LogP contribution in [0.15, 0.2) is 12.3 Å². The first-order chi connectivity index (χ1) is 7.66. The maximum absolute atomic E-state index is 4.20. The number of nitrogens with zero attached hydrogens (tertiary/aromatic N) is 3. The summed E-state index contributed by atoms with van der Waals surface area (Å²) in [4.78, 5) is 2.40. The summed E-state index contributed by atoms with van der Waals surface area (Å²) in [6, 6.07) is 2.47. The number of nitrogens with one attached hydrogen (secondary N) is 1. The molecule has 90 valence electrons. The van der Waals surface area contributed by atoms with Crippen molar-refractivity contribution in [1.29, 1.82) is 0 Å². The Labute approximate surface area is 97.6 Å². The van der Waals surface area contributed by atoms with Gasteiger partial charge in [0.15, 0.2) is 0 Å². The molecule has 2 rings (SSSR count). The normalized spacial score (nSPS) is 23.8. The average molecular weight is 222 g/mol. The van der Waals surface area contributed by atoms with Gasteiger partial charge >= 0.3 is 0 Å². The van der Waals surface area contributed by atoms with E-state index in [-0.39, 0.29) is 0 Å². The Morgan fingerprint density at radius 1 is 1.56 bits per heavy atom. The fourth-order valence-electron chi connectivity index (χ4n) is 2.45. The number of hydrogen-bond donors (Lipinski definition) is 1. The molecule has 16 heavy (non-hydrogen) atoms. The van der Waals surface area contributed by atoms with Crippen molar-refractivity contribution in [2.24, 2.45) is 13.0 Å². The zero-order chi connectivity index (χ0) is 11.5. The first kappa shape index (κ1) is 11.6. The highest BCUT2D eigenvalue weighted by Gasteiger charge is 2.20. The van der Waals surface area contributed by atoms with E-state index in [1.165, 1.54) is 25.2 Å². The van der Waals surface area contributed by atoms with Crippen LogP contribution in [0.2, 0.25) is 0 Å². The summed E-state index contributed by atoms with van der Waals surface area (Å²) in [6.45, 7) is 5.78. The molecule has 0 bridgehead atoms. The van der Waals surface area contributed by atoms with Crippen LogP contribution in [-0.2, 0) is 7.05 Å². The molecule has 0 saturated carbocycles. The summed E-state index contributed by atoms with van der Waals surface area (Å²) in [7, 11) is 4.20. The first-order valence-electron chi connectivity index (χ1n) is 6.06. The minimum atomic E-state index is 0.387. The lowest BCUT2D eigenvalue weighted by atomic mass is 10.1. The molecule has 0 amide bonds. The molecule has 1 aliphatic heterocycles. The van der Waals surface area contributed by atoms with Crippen molar-refractivity contribution in [2.75, 3.05) is 26.7 Å². The molecule has 1 aliphatic rings. The smallest absolute Gasteiger partial charge is 0.0547 e. The monoisotopic (exact) mass is 222 g/mol. The van der Waals surface area contributed by atoms with Crippen LogP contribution in [0.4, 0.5) is 0 Å². The van der Waals surface area contributed by atoms with E-state index in [9.17, 15) is 0 Å². The molecule has 4 nitrogen and oxygen atoms in total. The molecule has 1 aromatic heterocycles. The molecule has 2 atom stereocenters. The summed E-state index contributed by atoms with van der Waals surface area (Å²) in [5, 5.41) is 7.80. The number of hydrogen-bond acceptors (Lipinski definition) is 3. The van der Waals surface area contributed by atoms with Gasteiger partial charge < -0.3 is 10.2 Å². The zero-order valence-electron chi connectivity index (χ0n) is 10.5. The highest BCUT2D eigenvalue weighted by atomic mass is 15.3. The predicted molar refractivity (Wildman–Crippen MR) is 65.2 cm³/mol. The maximum Gasteiger partial charge on any atom is 0.0547 e. The van der Waals surface area contributed by atoms with Crippen LogP contribution in [0.5, 0.6) is 0 Å². The second kappa shape index (κ2) is 4.97. The van der Waals surface area contributed by atoms with Gasteiger partial charge in [0.2, 0.25) is 0 Å². The van der Waals surface area contributed by atoms with E-state index >= 15 is 0 Å². The van der Waals surface area contributed by atoms with Crippen LogP contribution in [0.1, 0.15) is 25.1 Å². The van der Waals surface area contributed by atoms with Crippen molar-refractivity contribution < 1.29 is 0 Å². The molecule has 0 spiro atoms. The maximum atomic E-state index is 4.20. The summed E-state index contributed by atoms with van der Waals surface area (Å²) in [6.07, 6.45) is 3.18. The topological polar surface area (TPSA) is 33.1 Å². The summed E-state index contributed by atoms with van der Waals surface area (Å²) in [5.41, 5.74) is 1.26. The molecule has 1 N–H and O–H groups in total. The molecule has 2 heterocycles. The lowest BCUT2D eigenvalue weighted by Crippen LogP contribution is -2.28. The Hall–Kier alpha value is -0.870. The summed E-state index contributed by atoms with van der Waals surface area (Å²) < 4.78 is 1.94. The second-order valence-corrected chi connectivity index (χ2v) is 4.93. The van der Waals surface area contributed by atoms with E-state index in [1.54, 1.807) is 0 Å². The van der Waals surface area contributed by atoms with E-state index in [4.69, 9.17) is 0 Å². The molecule has 0 aromatic carbocycles. The first-order valence-corrected chi connectivity index (χ1v) is 6.06. The Kier molecular flexibility index (Phi) is 3.61. The van der Waals surface area contributed by atoms with Crippen molar-refractivity contribution in [3.63, 3.8) is 0 Å². The molecule has 1 fully saturated rings. The van der Waals surface area contributed by atoms with Crippen LogP contribution >= 0.6 is 0 Å². The van der Waals surface area contributed by atoms with E-state index in [2.05, 4.69) is 35.4 Å². The number of aryl methyl sites for hydroxylation is 1. The minimum absolute atomic E-state index is 0.387. The second-order valence-electron chi connectivity index (χ2n) is 4.93. The third kappa shape index (κ3) is 2.62. The Morgan fingerprint density at radius 3 is 2.94 bits per heavy atom. The van der Waals surface area contributed by atoms with E-state index in [0.717, 1.165) is 12.5 Å². The fraction of sp³-hybridized carbons (Fsp3) is 0.750. The van der Waals surface area contributed by atoms with Gasteiger partial charge in [0.05, 0.1) is 5.69 Å². The number of likely N-dealkylation sites (tertiary alicyclic amines) is 1. The van der Waals surface area contributed by atoms with E-state index in [1.807, 2.05) is 17.9 Å². The minimum Gasteiger partial charge on any atom is -0.309 e. The van der Waals surface area contributed by atoms with Gasteiger partial charge in [-0.3, -0.25) is 4.68 Å². The van der Waals surface area contributed by atoms with Gasteiger partial charge in [0.25, 0.3) is 0 Å². The van der Waals surface area contributed by atoms with E-state index < -0.39 is 0 Å². The summed E-state index contributed by atoms with van der Waals surface area (Å²) >= 11 is 0. The highest BCUT2D eigenvalue weighted by Crippen LogP contribution is 2.15. The van der Waals surface area contributed by atoms with Crippen molar-refractivity contribution in [2.45, 2.75) is 19.4 Å². The molecular formula is C12H22N4. The van der Waals surface area contributed by atoms with Gasteiger partial charge in [-0.25, -0.2) is 0 Å². The third-order valence-corrected chi connectivity index (χ3v) is 3.50.